The van der Waals surface area contributed by atoms with E-state index in [1.807, 2.05) is 30.3 Å². The molecule has 0 spiro atoms. The summed E-state index contributed by atoms with van der Waals surface area (Å²) in [7, 11) is 0. The fourth-order valence-electron chi connectivity index (χ4n) is 1.39. The van der Waals surface area contributed by atoms with E-state index in [4.69, 9.17) is 5.26 Å². The molecule has 1 heterocycles. The van der Waals surface area contributed by atoms with Gasteiger partial charge in [0.1, 0.15) is 0 Å². The molecule has 0 aliphatic rings. The molecule has 0 amide bonds. The predicted molar refractivity (Wildman–Crippen MR) is 53.3 cm³/mol. The Bertz CT molecular complexity index is 451. The van der Waals surface area contributed by atoms with Crippen LogP contribution < -0.4 is 0 Å². The third-order valence-electron chi connectivity index (χ3n) is 2.05. The number of H-pyrrole nitrogens is 1. The molecular formula is C11H9N3. The van der Waals surface area contributed by atoms with Crippen LogP contribution in [-0.2, 0) is 6.42 Å². The largest absolute Gasteiger partial charge is 0.278 e. The predicted octanol–water partition coefficient (Wildman–Crippen LogP) is 2.14. The van der Waals surface area contributed by atoms with Gasteiger partial charge in [0.05, 0.1) is 24.4 Å². The summed E-state index contributed by atoms with van der Waals surface area (Å²) in [6.07, 6.45) is 2.09. The highest BCUT2D eigenvalue weighted by Gasteiger charge is 2.05. The van der Waals surface area contributed by atoms with Crippen molar-refractivity contribution in [2.45, 2.75) is 6.42 Å². The van der Waals surface area contributed by atoms with Crippen LogP contribution in [-0.4, -0.2) is 10.2 Å². The topological polar surface area (TPSA) is 52.5 Å². The lowest BCUT2D eigenvalue weighted by atomic mass is 10.1. The molecule has 2 rings (SSSR count). The van der Waals surface area contributed by atoms with Crippen molar-refractivity contribution in [2.75, 3.05) is 0 Å². The Morgan fingerprint density at radius 2 is 2.07 bits per heavy atom. The van der Waals surface area contributed by atoms with Crippen molar-refractivity contribution >= 4 is 0 Å². The van der Waals surface area contributed by atoms with Gasteiger partial charge in [0.25, 0.3) is 0 Å². The molecule has 68 valence electrons. The normalized spacial score (nSPS) is 9.64. The van der Waals surface area contributed by atoms with E-state index >= 15 is 0 Å². The first-order valence-corrected chi connectivity index (χ1v) is 4.36. The van der Waals surface area contributed by atoms with Gasteiger partial charge >= 0.3 is 0 Å². The Morgan fingerprint density at radius 1 is 1.29 bits per heavy atom. The number of benzene rings is 1. The summed E-state index contributed by atoms with van der Waals surface area (Å²) in [5.74, 6) is 0. The molecule has 0 aliphatic heterocycles. The van der Waals surface area contributed by atoms with Crippen LogP contribution in [0.3, 0.4) is 0 Å². The number of aromatic amines is 1. The van der Waals surface area contributed by atoms with Gasteiger partial charge in [-0.15, -0.1) is 0 Å². The van der Waals surface area contributed by atoms with Crippen LogP contribution >= 0.6 is 0 Å². The molecule has 0 atom stereocenters. The van der Waals surface area contributed by atoms with E-state index in [9.17, 15) is 0 Å². The Hall–Kier alpha value is -2.08. The zero-order valence-corrected chi connectivity index (χ0v) is 7.57. The van der Waals surface area contributed by atoms with Gasteiger partial charge in [-0.05, 0) is 5.56 Å². The Kier molecular flexibility index (Phi) is 2.28. The smallest absolute Gasteiger partial charge is 0.0692 e. The average Bonchev–Trinajstić information content (AvgIpc) is 2.68. The monoisotopic (exact) mass is 183 g/mol. The molecule has 0 unspecified atom stereocenters. The second-order valence-corrected chi connectivity index (χ2v) is 2.97. The van der Waals surface area contributed by atoms with Gasteiger partial charge in [-0.3, -0.25) is 5.10 Å². The maximum atomic E-state index is 8.62. The van der Waals surface area contributed by atoms with E-state index in [0.717, 1.165) is 16.8 Å². The SMILES string of the molecule is N#CCc1cn[nH]c1-c1ccccc1. The molecule has 0 bridgehead atoms. The fourth-order valence-corrected chi connectivity index (χ4v) is 1.39. The maximum absolute atomic E-state index is 8.62. The molecule has 0 radical (unpaired) electrons. The molecular weight excluding hydrogens is 174 g/mol. The van der Waals surface area contributed by atoms with Gasteiger partial charge in [-0.2, -0.15) is 10.4 Å². The lowest BCUT2D eigenvalue weighted by Gasteiger charge is -1.98. The van der Waals surface area contributed by atoms with Crippen LogP contribution in [0, 0.1) is 11.3 Å². The first kappa shape index (κ1) is 8.52. The third kappa shape index (κ3) is 1.50. The van der Waals surface area contributed by atoms with Gasteiger partial charge in [-0.1, -0.05) is 30.3 Å². The van der Waals surface area contributed by atoms with E-state index < -0.39 is 0 Å². The van der Waals surface area contributed by atoms with Crippen molar-refractivity contribution in [3.8, 4) is 17.3 Å². The minimum atomic E-state index is 0.390. The lowest BCUT2D eigenvalue weighted by Crippen LogP contribution is -1.84. The van der Waals surface area contributed by atoms with Crippen LogP contribution in [0.5, 0.6) is 0 Å². The molecule has 1 N–H and O–H groups in total. The van der Waals surface area contributed by atoms with E-state index in [1.54, 1.807) is 6.20 Å². The quantitative estimate of drug-likeness (QED) is 0.775. The Labute approximate surface area is 82.0 Å². The lowest BCUT2D eigenvalue weighted by molar-refractivity contribution is 1.10. The van der Waals surface area contributed by atoms with Crippen molar-refractivity contribution in [1.29, 1.82) is 5.26 Å². The Morgan fingerprint density at radius 3 is 2.79 bits per heavy atom. The number of hydrogen-bond donors (Lipinski definition) is 1. The molecule has 0 saturated carbocycles. The number of nitrogens with one attached hydrogen (secondary N) is 1. The van der Waals surface area contributed by atoms with Crippen LogP contribution in [0.4, 0.5) is 0 Å². The van der Waals surface area contributed by atoms with Gasteiger partial charge < -0.3 is 0 Å². The first-order valence-electron chi connectivity index (χ1n) is 4.36. The summed E-state index contributed by atoms with van der Waals surface area (Å²) in [6, 6.07) is 12.0. The third-order valence-corrected chi connectivity index (χ3v) is 2.05. The van der Waals surface area contributed by atoms with Gasteiger partial charge in [0.15, 0.2) is 0 Å². The highest BCUT2D eigenvalue weighted by atomic mass is 15.1. The van der Waals surface area contributed by atoms with Crippen LogP contribution in [0.25, 0.3) is 11.3 Å². The zero-order chi connectivity index (χ0) is 9.80. The fraction of sp³-hybridized carbons (Fsp3) is 0.0909. The number of aromatic nitrogens is 2. The first-order chi connectivity index (χ1) is 6.92. The molecule has 0 saturated heterocycles. The number of nitrogens with zero attached hydrogens (tertiary/aromatic N) is 2. The second-order valence-electron chi connectivity index (χ2n) is 2.97. The molecule has 1 aromatic heterocycles. The summed E-state index contributed by atoms with van der Waals surface area (Å²) >= 11 is 0. The number of rotatable bonds is 2. The average molecular weight is 183 g/mol. The Balaban J connectivity index is 2.43. The van der Waals surface area contributed by atoms with Crippen molar-refractivity contribution in [3.05, 3.63) is 42.1 Å². The van der Waals surface area contributed by atoms with E-state index in [2.05, 4.69) is 16.3 Å². The van der Waals surface area contributed by atoms with Crippen molar-refractivity contribution < 1.29 is 0 Å². The highest BCUT2D eigenvalue weighted by Crippen LogP contribution is 2.20. The van der Waals surface area contributed by atoms with Crippen LogP contribution in [0.2, 0.25) is 0 Å². The molecule has 14 heavy (non-hydrogen) atoms. The molecule has 3 nitrogen and oxygen atoms in total. The number of hydrogen-bond acceptors (Lipinski definition) is 2. The standard InChI is InChI=1S/C11H9N3/c12-7-6-10-8-13-14-11(10)9-4-2-1-3-5-9/h1-5,8H,6H2,(H,13,14). The summed E-state index contributed by atoms with van der Waals surface area (Å²) < 4.78 is 0. The van der Waals surface area contributed by atoms with Crippen molar-refractivity contribution in [1.82, 2.24) is 10.2 Å². The van der Waals surface area contributed by atoms with Gasteiger partial charge in [0.2, 0.25) is 0 Å². The van der Waals surface area contributed by atoms with E-state index in [1.165, 1.54) is 0 Å². The highest BCUT2D eigenvalue weighted by molar-refractivity contribution is 5.62. The molecule has 1 aromatic carbocycles. The summed E-state index contributed by atoms with van der Waals surface area (Å²) in [5.41, 5.74) is 2.95. The molecule has 3 heteroatoms. The van der Waals surface area contributed by atoms with Gasteiger partial charge in [-0.25, -0.2) is 0 Å². The maximum Gasteiger partial charge on any atom is 0.0692 e. The van der Waals surface area contributed by atoms with E-state index in [-0.39, 0.29) is 0 Å². The van der Waals surface area contributed by atoms with Crippen molar-refractivity contribution in [3.63, 3.8) is 0 Å². The van der Waals surface area contributed by atoms with Crippen LogP contribution in [0.15, 0.2) is 36.5 Å². The van der Waals surface area contributed by atoms with E-state index in [0.29, 0.717) is 6.42 Å². The minimum Gasteiger partial charge on any atom is -0.278 e. The van der Waals surface area contributed by atoms with Crippen LogP contribution in [0.1, 0.15) is 5.56 Å². The van der Waals surface area contributed by atoms with Crippen molar-refractivity contribution in [2.24, 2.45) is 0 Å². The number of nitriles is 1. The second kappa shape index (κ2) is 3.75. The summed E-state index contributed by atoms with van der Waals surface area (Å²) in [4.78, 5) is 0. The zero-order valence-electron chi connectivity index (χ0n) is 7.57. The molecule has 0 aliphatic carbocycles. The summed E-state index contributed by atoms with van der Waals surface area (Å²) in [5, 5.41) is 15.5. The minimum absolute atomic E-state index is 0.390. The molecule has 2 aromatic rings. The van der Waals surface area contributed by atoms with Gasteiger partial charge in [0, 0.05) is 5.56 Å². The molecule has 0 fully saturated rings. The summed E-state index contributed by atoms with van der Waals surface area (Å²) in [6.45, 7) is 0.